The minimum atomic E-state index is -0.259. The SMILES string of the molecule is Cc1onc(C(C)(C)C)c1C(=O)Nc1ccc(Cl)cc1. The highest BCUT2D eigenvalue weighted by atomic mass is 35.5. The van der Waals surface area contributed by atoms with Crippen LogP contribution in [0, 0.1) is 6.92 Å². The number of carbonyl (C=O) groups excluding carboxylic acids is 1. The normalized spacial score (nSPS) is 11.4. The van der Waals surface area contributed by atoms with E-state index in [2.05, 4.69) is 10.5 Å². The number of halogens is 1. The zero-order chi connectivity index (χ0) is 14.9. The van der Waals surface area contributed by atoms with Gasteiger partial charge < -0.3 is 9.84 Å². The van der Waals surface area contributed by atoms with Gasteiger partial charge in [0.1, 0.15) is 17.0 Å². The summed E-state index contributed by atoms with van der Waals surface area (Å²) in [6, 6.07) is 6.95. The summed E-state index contributed by atoms with van der Waals surface area (Å²) in [5.74, 6) is 0.289. The highest BCUT2D eigenvalue weighted by molar-refractivity contribution is 6.30. The lowest BCUT2D eigenvalue weighted by molar-refractivity contribution is 0.102. The molecule has 5 heteroatoms. The van der Waals surface area contributed by atoms with E-state index in [4.69, 9.17) is 16.1 Å². The van der Waals surface area contributed by atoms with Crippen LogP contribution in [-0.2, 0) is 5.41 Å². The van der Waals surface area contributed by atoms with E-state index in [0.29, 0.717) is 27.7 Å². The largest absolute Gasteiger partial charge is 0.361 e. The number of hydrogen-bond donors (Lipinski definition) is 1. The predicted octanol–water partition coefficient (Wildman–Crippen LogP) is 4.19. The molecule has 1 N–H and O–H groups in total. The Kier molecular flexibility index (Phi) is 3.86. The van der Waals surface area contributed by atoms with Crippen LogP contribution in [0.3, 0.4) is 0 Å². The molecule has 0 aliphatic carbocycles. The Labute approximate surface area is 123 Å². The minimum Gasteiger partial charge on any atom is -0.361 e. The number of aryl methyl sites for hydroxylation is 1. The first-order chi connectivity index (χ1) is 9.29. The van der Waals surface area contributed by atoms with Gasteiger partial charge in [0.25, 0.3) is 5.91 Å². The molecule has 0 radical (unpaired) electrons. The van der Waals surface area contributed by atoms with Crippen molar-refractivity contribution in [3.05, 3.63) is 46.3 Å². The molecule has 0 aliphatic heterocycles. The first kappa shape index (κ1) is 14.6. The van der Waals surface area contributed by atoms with Gasteiger partial charge in [-0.1, -0.05) is 37.5 Å². The molecule has 0 spiro atoms. The van der Waals surface area contributed by atoms with Crippen LogP contribution >= 0.6 is 11.6 Å². The summed E-state index contributed by atoms with van der Waals surface area (Å²) in [6.45, 7) is 7.70. The topological polar surface area (TPSA) is 55.1 Å². The van der Waals surface area contributed by atoms with Crippen LogP contribution in [0.25, 0.3) is 0 Å². The summed E-state index contributed by atoms with van der Waals surface area (Å²) in [5, 5.41) is 7.46. The standard InChI is InChI=1S/C15H17ClN2O2/c1-9-12(13(18-20-9)15(2,3)4)14(19)17-11-7-5-10(16)6-8-11/h5-8H,1-4H3,(H,17,19). The first-order valence-electron chi connectivity index (χ1n) is 6.32. The lowest BCUT2D eigenvalue weighted by atomic mass is 9.88. The van der Waals surface area contributed by atoms with Crippen LogP contribution in [0.4, 0.5) is 5.69 Å². The number of carbonyl (C=O) groups is 1. The van der Waals surface area contributed by atoms with Gasteiger partial charge in [-0.05, 0) is 31.2 Å². The van der Waals surface area contributed by atoms with E-state index < -0.39 is 0 Å². The molecule has 0 saturated heterocycles. The minimum absolute atomic E-state index is 0.226. The fourth-order valence-corrected chi connectivity index (χ4v) is 2.00. The van der Waals surface area contributed by atoms with Gasteiger partial charge in [-0.3, -0.25) is 4.79 Å². The molecule has 1 aromatic carbocycles. The molecule has 106 valence electrons. The van der Waals surface area contributed by atoms with Crippen molar-refractivity contribution in [2.24, 2.45) is 0 Å². The molecule has 1 heterocycles. The van der Waals surface area contributed by atoms with Crippen molar-refractivity contribution in [2.75, 3.05) is 5.32 Å². The van der Waals surface area contributed by atoms with Crippen LogP contribution < -0.4 is 5.32 Å². The van der Waals surface area contributed by atoms with Crippen molar-refractivity contribution in [3.63, 3.8) is 0 Å². The Morgan fingerprint density at radius 1 is 1.25 bits per heavy atom. The van der Waals surface area contributed by atoms with Gasteiger partial charge in [0.15, 0.2) is 0 Å². The molecule has 1 aromatic heterocycles. The fraction of sp³-hybridized carbons (Fsp3) is 0.333. The molecular formula is C15H17ClN2O2. The van der Waals surface area contributed by atoms with Crippen LogP contribution in [0.5, 0.6) is 0 Å². The fourth-order valence-electron chi connectivity index (χ4n) is 1.88. The number of anilines is 1. The zero-order valence-corrected chi connectivity index (χ0v) is 12.7. The van der Waals surface area contributed by atoms with Gasteiger partial charge in [0.05, 0.1) is 0 Å². The number of amides is 1. The smallest absolute Gasteiger partial charge is 0.261 e. The Hall–Kier alpha value is -1.81. The average Bonchev–Trinajstić information content (AvgIpc) is 2.74. The third kappa shape index (κ3) is 3.02. The van der Waals surface area contributed by atoms with E-state index in [0.717, 1.165) is 0 Å². The number of hydrogen-bond acceptors (Lipinski definition) is 3. The van der Waals surface area contributed by atoms with Gasteiger partial charge >= 0.3 is 0 Å². The summed E-state index contributed by atoms with van der Waals surface area (Å²) in [5.41, 5.74) is 1.57. The van der Waals surface area contributed by atoms with Crippen molar-refractivity contribution >= 4 is 23.2 Å². The highest BCUT2D eigenvalue weighted by Gasteiger charge is 2.28. The van der Waals surface area contributed by atoms with Crippen LogP contribution in [0.15, 0.2) is 28.8 Å². The second-order valence-electron chi connectivity index (χ2n) is 5.67. The Morgan fingerprint density at radius 2 is 1.85 bits per heavy atom. The molecule has 20 heavy (non-hydrogen) atoms. The van der Waals surface area contributed by atoms with Gasteiger partial charge in [-0.25, -0.2) is 0 Å². The maximum absolute atomic E-state index is 12.4. The van der Waals surface area contributed by atoms with Crippen molar-refractivity contribution in [3.8, 4) is 0 Å². The second-order valence-corrected chi connectivity index (χ2v) is 6.11. The van der Waals surface area contributed by atoms with Gasteiger partial charge in [-0.2, -0.15) is 0 Å². The maximum Gasteiger partial charge on any atom is 0.261 e. The molecule has 0 unspecified atom stereocenters. The molecule has 0 aliphatic rings. The maximum atomic E-state index is 12.4. The van der Waals surface area contributed by atoms with Gasteiger partial charge in [0, 0.05) is 16.1 Å². The van der Waals surface area contributed by atoms with E-state index in [1.807, 2.05) is 20.8 Å². The van der Waals surface area contributed by atoms with E-state index in [1.165, 1.54) is 0 Å². The van der Waals surface area contributed by atoms with Crippen molar-refractivity contribution in [1.82, 2.24) is 5.16 Å². The quantitative estimate of drug-likeness (QED) is 0.903. The monoisotopic (exact) mass is 292 g/mol. The van der Waals surface area contributed by atoms with Crippen molar-refractivity contribution in [1.29, 1.82) is 0 Å². The molecule has 2 rings (SSSR count). The molecule has 0 fully saturated rings. The van der Waals surface area contributed by atoms with E-state index >= 15 is 0 Å². The van der Waals surface area contributed by atoms with Gasteiger partial charge in [-0.15, -0.1) is 0 Å². The average molecular weight is 293 g/mol. The van der Waals surface area contributed by atoms with E-state index in [9.17, 15) is 4.79 Å². The molecule has 0 saturated carbocycles. The lowest BCUT2D eigenvalue weighted by Gasteiger charge is -2.16. The third-order valence-electron chi connectivity index (χ3n) is 2.90. The number of nitrogens with zero attached hydrogens (tertiary/aromatic N) is 1. The number of rotatable bonds is 2. The second kappa shape index (κ2) is 5.29. The van der Waals surface area contributed by atoms with Gasteiger partial charge in [0.2, 0.25) is 0 Å². The zero-order valence-electron chi connectivity index (χ0n) is 12.0. The Morgan fingerprint density at radius 3 is 2.40 bits per heavy atom. The highest BCUT2D eigenvalue weighted by Crippen LogP contribution is 2.27. The molecule has 4 nitrogen and oxygen atoms in total. The first-order valence-corrected chi connectivity index (χ1v) is 6.70. The summed E-state index contributed by atoms with van der Waals surface area (Å²) in [4.78, 5) is 12.4. The Balaban J connectivity index is 2.30. The number of nitrogens with one attached hydrogen (secondary N) is 1. The van der Waals surface area contributed by atoms with E-state index in [1.54, 1.807) is 31.2 Å². The summed E-state index contributed by atoms with van der Waals surface area (Å²) >= 11 is 5.82. The molecule has 2 aromatic rings. The molecule has 1 amide bonds. The number of benzene rings is 1. The summed E-state index contributed by atoms with van der Waals surface area (Å²) in [6.07, 6.45) is 0. The van der Waals surface area contributed by atoms with Crippen LogP contribution in [-0.4, -0.2) is 11.1 Å². The molecule has 0 bridgehead atoms. The number of aromatic nitrogens is 1. The van der Waals surface area contributed by atoms with Crippen molar-refractivity contribution < 1.29 is 9.32 Å². The molecule has 0 atom stereocenters. The summed E-state index contributed by atoms with van der Waals surface area (Å²) in [7, 11) is 0. The summed E-state index contributed by atoms with van der Waals surface area (Å²) < 4.78 is 5.17. The van der Waals surface area contributed by atoms with Crippen LogP contribution in [0.1, 0.15) is 42.6 Å². The lowest BCUT2D eigenvalue weighted by Crippen LogP contribution is -2.21. The third-order valence-corrected chi connectivity index (χ3v) is 3.15. The van der Waals surface area contributed by atoms with E-state index in [-0.39, 0.29) is 11.3 Å². The Bertz CT molecular complexity index is 624. The predicted molar refractivity (Wildman–Crippen MR) is 79.3 cm³/mol. The van der Waals surface area contributed by atoms with Crippen LogP contribution in [0.2, 0.25) is 5.02 Å². The van der Waals surface area contributed by atoms with Crippen molar-refractivity contribution in [2.45, 2.75) is 33.1 Å². The molecular weight excluding hydrogens is 276 g/mol.